The number of likely N-dealkylation sites (tertiary alicyclic amines) is 1. The molecule has 36 heavy (non-hydrogen) atoms. The number of aromatic nitrogens is 3. The average molecular weight is 492 g/mol. The Labute approximate surface area is 211 Å². The molecule has 0 spiro atoms. The minimum Gasteiger partial charge on any atom is -0.484 e. The van der Waals surface area contributed by atoms with Gasteiger partial charge in [0.05, 0.1) is 11.2 Å². The smallest absolute Gasteiger partial charge is 0.410 e. The highest BCUT2D eigenvalue weighted by atomic mass is 16.6. The minimum absolute atomic E-state index is 0.0627. The summed E-state index contributed by atoms with van der Waals surface area (Å²) in [6.45, 7) is 11.4. The largest absolute Gasteiger partial charge is 0.484 e. The summed E-state index contributed by atoms with van der Waals surface area (Å²) in [5.74, 6) is 1.80. The normalized spacial score (nSPS) is 19.8. The van der Waals surface area contributed by atoms with Gasteiger partial charge in [-0.25, -0.2) is 19.7 Å². The molecule has 0 radical (unpaired) electrons. The average Bonchev–Trinajstić information content (AvgIpc) is 2.82. The summed E-state index contributed by atoms with van der Waals surface area (Å²) >= 11 is 0. The zero-order valence-electron chi connectivity index (χ0n) is 21.5. The second-order valence-electron chi connectivity index (χ2n) is 10.4. The van der Waals surface area contributed by atoms with E-state index in [9.17, 15) is 4.79 Å². The third-order valence-corrected chi connectivity index (χ3v) is 6.48. The highest BCUT2D eigenvalue weighted by Crippen LogP contribution is 2.39. The molecule has 1 saturated heterocycles. The minimum atomic E-state index is -0.500. The van der Waals surface area contributed by atoms with E-state index in [1.165, 1.54) is 0 Å². The Hall–Kier alpha value is -3.62. The molecule has 9 heteroatoms. The van der Waals surface area contributed by atoms with E-state index in [4.69, 9.17) is 24.2 Å². The molecule has 1 N–H and O–H groups in total. The molecule has 1 amide bonds. The van der Waals surface area contributed by atoms with E-state index >= 15 is 0 Å². The number of rotatable bonds is 3. The lowest BCUT2D eigenvalue weighted by Gasteiger charge is -2.38. The topological polar surface area (TPSA) is 98.7 Å². The van der Waals surface area contributed by atoms with Gasteiger partial charge < -0.3 is 24.4 Å². The number of anilines is 1. The van der Waals surface area contributed by atoms with Gasteiger partial charge in [-0.2, -0.15) is 0 Å². The number of hydrogen-bond donors (Lipinski definition) is 1. The SMILES string of the molecule is Cc1nc(N[C@H]2CCN(C(=O)OC(C)(C)C)[C@@H](C)C2)nc2ccc(-c3ccnc4c3OCCO4)cc12. The zero-order valence-corrected chi connectivity index (χ0v) is 21.5. The van der Waals surface area contributed by atoms with Crippen molar-refractivity contribution < 1.29 is 19.0 Å². The predicted octanol–water partition coefficient (Wildman–Crippen LogP) is 4.97. The third-order valence-electron chi connectivity index (χ3n) is 6.48. The lowest BCUT2D eigenvalue weighted by molar-refractivity contribution is 0.0112. The monoisotopic (exact) mass is 491 g/mol. The van der Waals surface area contributed by atoms with Gasteiger partial charge in [-0.1, -0.05) is 6.07 Å². The number of fused-ring (bicyclic) bond motifs is 2. The first kappa shape index (κ1) is 24.1. The van der Waals surface area contributed by atoms with Gasteiger partial charge in [0.15, 0.2) is 5.75 Å². The van der Waals surface area contributed by atoms with Crippen molar-refractivity contribution in [2.75, 3.05) is 25.1 Å². The summed E-state index contributed by atoms with van der Waals surface area (Å²) in [6, 6.07) is 8.31. The molecule has 2 atom stereocenters. The number of nitrogens with one attached hydrogen (secondary N) is 1. The van der Waals surface area contributed by atoms with Gasteiger partial charge in [0.1, 0.15) is 18.8 Å². The first-order chi connectivity index (χ1) is 17.2. The molecule has 0 bridgehead atoms. The van der Waals surface area contributed by atoms with Crippen LogP contribution < -0.4 is 14.8 Å². The Kier molecular flexibility index (Phi) is 6.32. The maximum absolute atomic E-state index is 12.5. The Morgan fingerprint density at radius 2 is 1.97 bits per heavy atom. The summed E-state index contributed by atoms with van der Waals surface area (Å²) < 4.78 is 17.0. The Morgan fingerprint density at radius 1 is 1.17 bits per heavy atom. The molecule has 0 aliphatic carbocycles. The van der Waals surface area contributed by atoms with E-state index < -0.39 is 5.60 Å². The lowest BCUT2D eigenvalue weighted by atomic mass is 9.99. The van der Waals surface area contributed by atoms with E-state index in [2.05, 4.69) is 23.3 Å². The molecule has 4 heterocycles. The quantitative estimate of drug-likeness (QED) is 0.548. The molecule has 190 valence electrons. The lowest BCUT2D eigenvalue weighted by Crippen LogP contribution is -2.49. The maximum Gasteiger partial charge on any atom is 0.410 e. The van der Waals surface area contributed by atoms with Crippen LogP contribution in [0, 0.1) is 6.92 Å². The van der Waals surface area contributed by atoms with E-state index in [1.807, 2.05) is 50.8 Å². The molecule has 0 unspecified atom stereocenters. The van der Waals surface area contributed by atoms with Gasteiger partial charge >= 0.3 is 6.09 Å². The van der Waals surface area contributed by atoms with Crippen molar-refractivity contribution in [1.29, 1.82) is 0 Å². The fourth-order valence-corrected chi connectivity index (χ4v) is 4.77. The maximum atomic E-state index is 12.5. The molecule has 2 aliphatic heterocycles. The van der Waals surface area contributed by atoms with Crippen molar-refractivity contribution >= 4 is 22.9 Å². The Balaban J connectivity index is 1.32. The molecular weight excluding hydrogens is 458 g/mol. The van der Waals surface area contributed by atoms with Gasteiger partial charge in [-0.3, -0.25) is 0 Å². The summed E-state index contributed by atoms with van der Waals surface area (Å²) in [7, 11) is 0. The van der Waals surface area contributed by atoms with Crippen LogP contribution in [0.25, 0.3) is 22.0 Å². The number of pyridine rings is 1. The highest BCUT2D eigenvalue weighted by Gasteiger charge is 2.32. The first-order valence-electron chi connectivity index (χ1n) is 12.5. The van der Waals surface area contributed by atoms with Crippen molar-refractivity contribution in [2.45, 2.75) is 65.1 Å². The van der Waals surface area contributed by atoms with Crippen LogP contribution in [0.4, 0.5) is 10.7 Å². The Morgan fingerprint density at radius 3 is 2.75 bits per heavy atom. The third kappa shape index (κ3) is 5.01. The second-order valence-corrected chi connectivity index (χ2v) is 10.4. The van der Waals surface area contributed by atoms with Crippen LogP contribution in [0.3, 0.4) is 0 Å². The highest BCUT2D eigenvalue weighted by molar-refractivity contribution is 5.88. The standard InChI is InChI=1S/C27H33N5O4/c1-16-14-19(9-11-32(16)26(33)36-27(3,4)5)30-25-29-17(2)21-15-18(6-7-22(21)31-25)20-8-10-28-24-23(20)34-12-13-35-24/h6-8,10,15-16,19H,9,11-14H2,1-5H3,(H,29,30,31)/t16-,19-/m0/s1. The van der Waals surface area contributed by atoms with Crippen molar-refractivity contribution in [3.8, 4) is 22.8 Å². The van der Waals surface area contributed by atoms with Crippen molar-refractivity contribution in [1.82, 2.24) is 19.9 Å². The van der Waals surface area contributed by atoms with E-state index in [0.29, 0.717) is 37.3 Å². The van der Waals surface area contributed by atoms with Crippen LogP contribution in [-0.4, -0.2) is 63.4 Å². The van der Waals surface area contributed by atoms with Crippen LogP contribution in [-0.2, 0) is 4.74 Å². The van der Waals surface area contributed by atoms with Crippen LogP contribution in [0.1, 0.15) is 46.2 Å². The number of hydrogen-bond acceptors (Lipinski definition) is 8. The zero-order chi connectivity index (χ0) is 25.4. The van der Waals surface area contributed by atoms with E-state index in [-0.39, 0.29) is 18.2 Å². The van der Waals surface area contributed by atoms with Crippen molar-refractivity contribution in [3.63, 3.8) is 0 Å². The number of ether oxygens (including phenoxy) is 3. The second kappa shape index (κ2) is 9.44. The van der Waals surface area contributed by atoms with Crippen molar-refractivity contribution in [2.24, 2.45) is 0 Å². The molecule has 3 aromatic rings. The number of piperidine rings is 1. The molecule has 1 fully saturated rings. The van der Waals surface area contributed by atoms with Gasteiger partial charge in [0.2, 0.25) is 5.95 Å². The molecular formula is C27H33N5O4. The van der Waals surface area contributed by atoms with E-state index in [1.54, 1.807) is 6.20 Å². The number of carbonyl (C=O) groups excluding carboxylic acids is 1. The number of amides is 1. The first-order valence-corrected chi connectivity index (χ1v) is 12.5. The predicted molar refractivity (Wildman–Crippen MR) is 138 cm³/mol. The van der Waals surface area contributed by atoms with Crippen LogP contribution in [0.5, 0.6) is 11.6 Å². The summed E-state index contributed by atoms with van der Waals surface area (Å²) in [5, 5.41) is 4.47. The van der Waals surface area contributed by atoms with Crippen LogP contribution in [0.2, 0.25) is 0 Å². The van der Waals surface area contributed by atoms with Crippen molar-refractivity contribution in [3.05, 3.63) is 36.2 Å². The molecule has 9 nitrogen and oxygen atoms in total. The molecule has 5 rings (SSSR count). The molecule has 1 aromatic carbocycles. The summed E-state index contributed by atoms with van der Waals surface area (Å²) in [5.41, 5.74) is 3.20. The van der Waals surface area contributed by atoms with Gasteiger partial charge in [-0.15, -0.1) is 0 Å². The van der Waals surface area contributed by atoms with Crippen LogP contribution in [0.15, 0.2) is 30.5 Å². The van der Waals surface area contributed by atoms with Gasteiger partial charge in [0, 0.05) is 35.8 Å². The number of aryl methyl sites for hydroxylation is 1. The van der Waals surface area contributed by atoms with Crippen LogP contribution >= 0.6 is 0 Å². The van der Waals surface area contributed by atoms with Gasteiger partial charge in [-0.05, 0) is 71.2 Å². The summed E-state index contributed by atoms with van der Waals surface area (Å²) in [6.07, 6.45) is 3.08. The molecule has 2 aromatic heterocycles. The molecule has 0 saturated carbocycles. The molecule has 2 aliphatic rings. The number of nitrogens with zero attached hydrogens (tertiary/aromatic N) is 4. The number of carbonyl (C=O) groups is 1. The fourth-order valence-electron chi connectivity index (χ4n) is 4.77. The van der Waals surface area contributed by atoms with E-state index in [0.717, 1.165) is 40.6 Å². The number of benzene rings is 1. The Bertz CT molecular complexity index is 1290. The van der Waals surface area contributed by atoms with Gasteiger partial charge in [0.25, 0.3) is 5.88 Å². The fraction of sp³-hybridized carbons (Fsp3) is 0.481. The summed E-state index contributed by atoms with van der Waals surface area (Å²) in [4.78, 5) is 28.2.